The number of nitrogens with zero attached hydrogens (tertiary/aromatic N) is 2. The van der Waals surface area contributed by atoms with Crippen LogP contribution in [0, 0.1) is 0 Å². The number of anilines is 3. The summed E-state index contributed by atoms with van der Waals surface area (Å²) in [6, 6.07) is 107. The van der Waals surface area contributed by atoms with Crippen molar-refractivity contribution in [2.45, 2.75) is 5.41 Å². The largest absolute Gasteiger partial charge is 0.456 e. The third-order valence-corrected chi connectivity index (χ3v) is 15.9. The highest BCUT2D eigenvalue weighted by Crippen LogP contribution is 2.58. The number of hydrogen-bond acceptors (Lipinski definition) is 2. The fourth-order valence-electron chi connectivity index (χ4n) is 12.6. The Kier molecular flexibility index (Phi) is 10.1. The average molecular weight is 969 g/mol. The second-order valence-corrected chi connectivity index (χ2v) is 19.9. The summed E-state index contributed by atoms with van der Waals surface area (Å²) in [5, 5.41) is 4.50. The van der Waals surface area contributed by atoms with Crippen LogP contribution in [0.5, 0.6) is 0 Å². The molecule has 0 bridgehead atoms. The normalized spacial score (nSPS) is 13.8. The molecule has 14 aromatic rings. The number of furan rings is 1. The van der Waals surface area contributed by atoms with Crippen molar-refractivity contribution in [1.82, 2.24) is 4.57 Å². The maximum absolute atomic E-state index is 6.80. The van der Waals surface area contributed by atoms with Crippen LogP contribution >= 0.6 is 0 Å². The van der Waals surface area contributed by atoms with Crippen LogP contribution in [0.4, 0.5) is 17.1 Å². The molecule has 3 heteroatoms. The van der Waals surface area contributed by atoms with Crippen LogP contribution in [-0.2, 0) is 5.41 Å². The Morgan fingerprint density at radius 1 is 0.316 bits per heavy atom. The van der Waals surface area contributed by atoms with Gasteiger partial charge in [-0.15, -0.1) is 0 Å². The summed E-state index contributed by atoms with van der Waals surface area (Å²) in [6.45, 7) is 0. The van der Waals surface area contributed by atoms with E-state index in [1.165, 1.54) is 71.9 Å². The van der Waals surface area contributed by atoms with E-state index < -0.39 is 5.41 Å². The summed E-state index contributed by atoms with van der Waals surface area (Å²) in [7, 11) is 0. The van der Waals surface area contributed by atoms with E-state index in [4.69, 9.17) is 4.42 Å². The molecule has 2 aromatic heterocycles. The van der Waals surface area contributed by atoms with E-state index in [2.05, 4.69) is 301 Å². The smallest absolute Gasteiger partial charge is 0.137 e. The lowest BCUT2D eigenvalue weighted by Crippen LogP contribution is -2.29. The number of rotatable bonds is 9. The molecule has 12 aromatic carbocycles. The van der Waals surface area contributed by atoms with Crippen molar-refractivity contribution >= 4 is 60.8 Å². The fraction of sp³-hybridized carbons (Fsp3) is 0.0137. The molecule has 0 radical (unpaired) electrons. The van der Waals surface area contributed by atoms with Gasteiger partial charge in [-0.25, -0.2) is 0 Å². The van der Waals surface area contributed by atoms with Crippen molar-refractivity contribution in [3.8, 4) is 50.2 Å². The highest BCUT2D eigenvalue weighted by atomic mass is 16.3. The zero-order valence-electron chi connectivity index (χ0n) is 41.5. The van der Waals surface area contributed by atoms with Crippen LogP contribution in [0.1, 0.15) is 22.3 Å². The number of hydrogen-bond donors (Lipinski definition) is 0. The molecule has 356 valence electrons. The Morgan fingerprint density at radius 2 is 0.921 bits per heavy atom. The summed E-state index contributed by atoms with van der Waals surface area (Å²) in [4.78, 5) is 2.47. The van der Waals surface area contributed by atoms with E-state index in [0.29, 0.717) is 0 Å². The maximum atomic E-state index is 6.80. The lowest BCUT2D eigenvalue weighted by molar-refractivity contribution is 0.669. The minimum atomic E-state index is -0.682. The molecule has 1 aliphatic rings. The minimum absolute atomic E-state index is 0.682. The van der Waals surface area contributed by atoms with E-state index in [-0.39, 0.29) is 0 Å². The second-order valence-electron chi connectivity index (χ2n) is 19.9. The molecule has 0 amide bonds. The van der Waals surface area contributed by atoms with Crippen molar-refractivity contribution in [2.75, 3.05) is 4.90 Å². The van der Waals surface area contributed by atoms with Gasteiger partial charge in [-0.1, -0.05) is 212 Å². The van der Waals surface area contributed by atoms with E-state index in [1.54, 1.807) is 0 Å². The van der Waals surface area contributed by atoms with Gasteiger partial charge in [0, 0.05) is 33.2 Å². The summed E-state index contributed by atoms with van der Waals surface area (Å²) in [5.41, 5.74) is 22.1. The molecule has 1 atom stereocenters. The first-order chi connectivity index (χ1) is 37.7. The molecule has 15 rings (SSSR count). The summed E-state index contributed by atoms with van der Waals surface area (Å²) in [6.07, 6.45) is 0. The zero-order valence-corrected chi connectivity index (χ0v) is 41.5. The van der Waals surface area contributed by atoms with Crippen molar-refractivity contribution in [2.24, 2.45) is 0 Å². The van der Waals surface area contributed by atoms with Crippen molar-refractivity contribution < 1.29 is 4.42 Å². The summed E-state index contributed by atoms with van der Waals surface area (Å²) < 4.78 is 9.19. The predicted molar refractivity (Wildman–Crippen MR) is 316 cm³/mol. The Hall–Kier alpha value is -9.96. The van der Waals surface area contributed by atoms with Gasteiger partial charge < -0.3 is 13.9 Å². The molecule has 1 unspecified atom stereocenters. The average Bonchev–Trinajstić information content (AvgIpc) is 4.16. The summed E-state index contributed by atoms with van der Waals surface area (Å²) >= 11 is 0. The highest BCUT2D eigenvalue weighted by molar-refractivity contribution is 6.15. The van der Waals surface area contributed by atoms with Crippen LogP contribution in [0.3, 0.4) is 0 Å². The predicted octanol–water partition coefficient (Wildman–Crippen LogP) is 19.5. The van der Waals surface area contributed by atoms with Gasteiger partial charge in [-0.05, 0) is 146 Å². The Bertz CT molecular complexity index is 4520. The molecular weight excluding hydrogens is 921 g/mol. The number of fused-ring (bicyclic) bond motifs is 9. The molecule has 1 aliphatic carbocycles. The number of para-hydroxylation sites is 2. The van der Waals surface area contributed by atoms with Crippen LogP contribution in [0.2, 0.25) is 0 Å². The quantitative estimate of drug-likeness (QED) is 0.144. The van der Waals surface area contributed by atoms with E-state index in [1.807, 2.05) is 0 Å². The van der Waals surface area contributed by atoms with Crippen molar-refractivity contribution in [1.29, 1.82) is 0 Å². The molecule has 0 spiro atoms. The van der Waals surface area contributed by atoms with Gasteiger partial charge in [0.05, 0.1) is 27.5 Å². The SMILES string of the molecule is c1ccc(-c2ccc3oc4cccc(N(c5cccc(C6(c7ccccc7)c7ccccc7-c7ccc(-c8ccccc8-c8ccccc8)cc76)c5)c5ccc6c(c5)c5ccccc5n6-c5ccccc5)c4c3c2)cc1. The van der Waals surface area contributed by atoms with Gasteiger partial charge in [0.1, 0.15) is 11.2 Å². The molecule has 76 heavy (non-hydrogen) atoms. The first-order valence-corrected chi connectivity index (χ1v) is 26.2. The Labute approximate surface area is 441 Å². The van der Waals surface area contributed by atoms with Gasteiger partial charge >= 0.3 is 0 Å². The maximum Gasteiger partial charge on any atom is 0.137 e. The lowest BCUT2D eigenvalue weighted by Gasteiger charge is -2.35. The number of benzene rings is 12. The highest BCUT2D eigenvalue weighted by Gasteiger charge is 2.46. The van der Waals surface area contributed by atoms with Crippen molar-refractivity contribution in [3.05, 3.63) is 313 Å². The fourth-order valence-corrected chi connectivity index (χ4v) is 12.6. The first kappa shape index (κ1) is 43.6. The van der Waals surface area contributed by atoms with Crippen molar-refractivity contribution in [3.63, 3.8) is 0 Å². The molecule has 0 saturated carbocycles. The lowest BCUT2D eigenvalue weighted by atomic mass is 9.67. The summed E-state index contributed by atoms with van der Waals surface area (Å²) in [5.74, 6) is 0. The van der Waals surface area contributed by atoms with Gasteiger partial charge in [0.2, 0.25) is 0 Å². The van der Waals surface area contributed by atoms with Gasteiger partial charge in [-0.3, -0.25) is 0 Å². The van der Waals surface area contributed by atoms with Gasteiger partial charge in [0.25, 0.3) is 0 Å². The Morgan fingerprint density at radius 3 is 1.72 bits per heavy atom. The van der Waals surface area contributed by atoms with Gasteiger partial charge in [-0.2, -0.15) is 0 Å². The molecule has 0 N–H and O–H groups in total. The third kappa shape index (κ3) is 6.76. The molecule has 0 aliphatic heterocycles. The standard InChI is InChI=1S/C73H48N2O/c1-5-21-49(22-6-1)51-40-44-70-64(45-51)72-69(37-20-38-71(72)76-70)74(57-41-43-68-63(48-57)62-34-16-18-36-67(62)75(68)55-28-11-4-12-29-55)56-30-19-27-54(47-56)73(53-25-9-3-10-26-53)65-35-17-15-33-60(65)61-42-39-52(46-66(61)73)59-32-14-13-31-58(59)50-23-7-2-8-24-50/h1-48H. The van der Waals surface area contributed by atoms with Crippen LogP contribution in [0.15, 0.2) is 296 Å². The zero-order chi connectivity index (χ0) is 50.2. The Balaban J connectivity index is 1.00. The van der Waals surface area contributed by atoms with Gasteiger partial charge in [0.15, 0.2) is 0 Å². The molecular formula is C73H48N2O. The second kappa shape index (κ2) is 17.6. The third-order valence-electron chi connectivity index (χ3n) is 15.9. The minimum Gasteiger partial charge on any atom is -0.456 e. The number of aromatic nitrogens is 1. The molecule has 3 nitrogen and oxygen atoms in total. The molecule has 0 saturated heterocycles. The topological polar surface area (TPSA) is 21.3 Å². The monoisotopic (exact) mass is 968 g/mol. The van der Waals surface area contributed by atoms with Crippen LogP contribution in [0.25, 0.3) is 93.9 Å². The van der Waals surface area contributed by atoms with Crippen LogP contribution < -0.4 is 4.90 Å². The van der Waals surface area contributed by atoms with E-state index >= 15 is 0 Å². The van der Waals surface area contributed by atoms with Crippen LogP contribution in [-0.4, -0.2) is 4.57 Å². The first-order valence-electron chi connectivity index (χ1n) is 26.2. The molecule has 0 fully saturated rings. The van der Waals surface area contributed by atoms with E-state index in [9.17, 15) is 0 Å². The molecule has 2 heterocycles. The van der Waals surface area contributed by atoms with E-state index in [0.717, 1.165) is 61.3 Å².